The van der Waals surface area contributed by atoms with Crippen LogP contribution < -0.4 is 24.3 Å². The lowest BCUT2D eigenvalue weighted by atomic mass is 10.2. The van der Waals surface area contributed by atoms with Gasteiger partial charge in [0.25, 0.3) is 0 Å². The van der Waals surface area contributed by atoms with Gasteiger partial charge in [-0.2, -0.15) is 0 Å². The number of methoxy groups -OCH3 is 3. The smallest absolute Gasteiger partial charge is 0.162 e. The van der Waals surface area contributed by atoms with Gasteiger partial charge in [0.05, 0.1) is 26.8 Å². The minimum atomic E-state index is 0. The molecule has 0 amide bonds. The molecule has 33 heavy (non-hydrogen) atoms. The Morgan fingerprint density at radius 3 is 2.24 bits per heavy atom. The van der Waals surface area contributed by atoms with E-state index in [1.54, 1.807) is 21.3 Å². The number of halogens is 2. The van der Waals surface area contributed by atoms with Crippen molar-refractivity contribution in [2.24, 2.45) is 0 Å². The summed E-state index contributed by atoms with van der Waals surface area (Å²) in [7, 11) is 4.80. The van der Waals surface area contributed by atoms with E-state index in [0.29, 0.717) is 35.4 Å². The van der Waals surface area contributed by atoms with Crippen molar-refractivity contribution in [1.82, 2.24) is 9.97 Å². The summed E-state index contributed by atoms with van der Waals surface area (Å²) in [6.45, 7) is 0.419. The van der Waals surface area contributed by atoms with Gasteiger partial charge in [-0.15, -0.1) is 12.4 Å². The summed E-state index contributed by atoms with van der Waals surface area (Å²) in [5, 5.41) is 4.13. The van der Waals surface area contributed by atoms with Crippen molar-refractivity contribution in [3.05, 3.63) is 71.0 Å². The molecule has 3 aromatic carbocycles. The summed E-state index contributed by atoms with van der Waals surface area (Å²) < 4.78 is 23.3. The first-order valence-electron chi connectivity index (χ1n) is 9.81. The molecule has 1 N–H and O–H groups in total. The molecule has 4 rings (SSSR count). The zero-order chi connectivity index (χ0) is 22.5. The number of fused-ring (bicyclic) bond motifs is 1. The summed E-state index contributed by atoms with van der Waals surface area (Å²) in [6, 6.07) is 17.3. The van der Waals surface area contributed by atoms with Crippen LogP contribution in [-0.4, -0.2) is 31.3 Å². The van der Waals surface area contributed by atoms with Gasteiger partial charge in [0, 0.05) is 33.2 Å². The molecule has 0 bridgehead atoms. The largest absolute Gasteiger partial charge is 0.493 e. The standard InChI is InChI=1S/C24H22BrN3O4.ClH/c1-29-21-10-16(8-9-20(21)32-13-15-6-4-5-7-18(15)25)28-24-17-11-22(30-2)23(31-3)12-19(17)26-14-27-24;/h4-12,14H,13H2,1-3H3,(H,26,27,28);1H. The molecule has 0 saturated heterocycles. The van der Waals surface area contributed by atoms with Gasteiger partial charge in [0.15, 0.2) is 23.0 Å². The monoisotopic (exact) mass is 531 g/mol. The Bertz CT molecular complexity index is 1260. The van der Waals surface area contributed by atoms with E-state index in [-0.39, 0.29) is 12.4 Å². The maximum absolute atomic E-state index is 5.99. The van der Waals surface area contributed by atoms with Crippen molar-refractivity contribution in [1.29, 1.82) is 0 Å². The lowest BCUT2D eigenvalue weighted by molar-refractivity contribution is 0.284. The SMILES string of the molecule is COc1cc2ncnc(Nc3ccc(OCc4ccccc4Br)c(OC)c3)c2cc1OC.Cl. The van der Waals surface area contributed by atoms with E-state index in [1.165, 1.54) is 6.33 Å². The van der Waals surface area contributed by atoms with E-state index in [2.05, 4.69) is 31.2 Å². The zero-order valence-electron chi connectivity index (χ0n) is 18.3. The maximum Gasteiger partial charge on any atom is 0.162 e. The van der Waals surface area contributed by atoms with Crippen molar-refractivity contribution >= 4 is 50.7 Å². The normalized spacial score (nSPS) is 10.3. The zero-order valence-corrected chi connectivity index (χ0v) is 20.7. The van der Waals surface area contributed by atoms with E-state index in [1.807, 2.05) is 54.6 Å². The van der Waals surface area contributed by atoms with Gasteiger partial charge in [0.1, 0.15) is 18.8 Å². The van der Waals surface area contributed by atoms with Crippen LogP contribution in [0.1, 0.15) is 5.56 Å². The van der Waals surface area contributed by atoms with Crippen LogP contribution in [-0.2, 0) is 6.61 Å². The molecule has 172 valence electrons. The number of benzene rings is 3. The molecular formula is C24H23BrClN3O4. The molecule has 1 aromatic heterocycles. The molecule has 0 spiro atoms. The van der Waals surface area contributed by atoms with Crippen LogP contribution >= 0.6 is 28.3 Å². The third-order valence-corrected chi connectivity index (χ3v) is 5.68. The Hall–Kier alpha value is -3.23. The fourth-order valence-corrected chi connectivity index (χ4v) is 3.65. The molecule has 4 aromatic rings. The highest BCUT2D eigenvalue weighted by molar-refractivity contribution is 9.10. The molecule has 0 aliphatic rings. The second-order valence-corrected chi connectivity index (χ2v) is 7.67. The molecular weight excluding hydrogens is 510 g/mol. The first-order valence-corrected chi connectivity index (χ1v) is 10.6. The lowest BCUT2D eigenvalue weighted by Crippen LogP contribution is -2.00. The lowest BCUT2D eigenvalue weighted by Gasteiger charge is -2.15. The third-order valence-electron chi connectivity index (χ3n) is 4.91. The second-order valence-electron chi connectivity index (χ2n) is 6.82. The van der Waals surface area contributed by atoms with Gasteiger partial charge >= 0.3 is 0 Å². The molecule has 7 nitrogen and oxygen atoms in total. The molecule has 0 aliphatic carbocycles. The summed E-state index contributed by atoms with van der Waals surface area (Å²) >= 11 is 3.54. The highest BCUT2D eigenvalue weighted by Crippen LogP contribution is 2.36. The van der Waals surface area contributed by atoms with Gasteiger partial charge in [0.2, 0.25) is 0 Å². The summed E-state index contributed by atoms with van der Waals surface area (Å²) in [6.07, 6.45) is 1.50. The molecule has 0 unspecified atom stereocenters. The predicted octanol–water partition coefficient (Wildman–Crippen LogP) is 6.16. The number of hydrogen-bond acceptors (Lipinski definition) is 7. The van der Waals surface area contributed by atoms with Crippen LogP contribution in [0.2, 0.25) is 0 Å². The van der Waals surface area contributed by atoms with E-state index >= 15 is 0 Å². The van der Waals surface area contributed by atoms with Crippen LogP contribution in [0.3, 0.4) is 0 Å². The van der Waals surface area contributed by atoms with E-state index in [9.17, 15) is 0 Å². The quantitative estimate of drug-likeness (QED) is 0.291. The average Bonchev–Trinajstić information content (AvgIpc) is 2.83. The summed E-state index contributed by atoms with van der Waals surface area (Å²) in [5.41, 5.74) is 2.58. The minimum absolute atomic E-state index is 0. The van der Waals surface area contributed by atoms with E-state index in [0.717, 1.165) is 26.6 Å². The van der Waals surface area contributed by atoms with Gasteiger partial charge in [-0.3, -0.25) is 0 Å². The Balaban J connectivity index is 0.00000306. The Morgan fingerprint density at radius 2 is 1.52 bits per heavy atom. The number of anilines is 2. The van der Waals surface area contributed by atoms with Crippen LogP contribution in [0.5, 0.6) is 23.0 Å². The number of aromatic nitrogens is 2. The Labute approximate surface area is 206 Å². The van der Waals surface area contributed by atoms with Crippen LogP contribution in [0.15, 0.2) is 65.4 Å². The van der Waals surface area contributed by atoms with Crippen LogP contribution in [0.25, 0.3) is 10.9 Å². The van der Waals surface area contributed by atoms with Gasteiger partial charge < -0.3 is 24.3 Å². The third kappa shape index (κ3) is 5.40. The number of rotatable bonds is 8. The van der Waals surface area contributed by atoms with Crippen molar-refractivity contribution < 1.29 is 18.9 Å². The van der Waals surface area contributed by atoms with Crippen LogP contribution in [0.4, 0.5) is 11.5 Å². The Kier molecular flexibility index (Phi) is 8.19. The number of nitrogens with one attached hydrogen (secondary N) is 1. The first kappa shape index (κ1) is 24.4. The van der Waals surface area contributed by atoms with Gasteiger partial charge in [-0.1, -0.05) is 34.1 Å². The highest BCUT2D eigenvalue weighted by Gasteiger charge is 2.13. The molecule has 0 fully saturated rings. The molecule has 9 heteroatoms. The molecule has 0 saturated carbocycles. The van der Waals surface area contributed by atoms with E-state index in [4.69, 9.17) is 18.9 Å². The fraction of sp³-hybridized carbons (Fsp3) is 0.167. The number of nitrogens with zero attached hydrogens (tertiary/aromatic N) is 2. The summed E-state index contributed by atoms with van der Waals surface area (Å²) in [5.74, 6) is 3.11. The van der Waals surface area contributed by atoms with Gasteiger partial charge in [-0.05, 0) is 24.3 Å². The van der Waals surface area contributed by atoms with Gasteiger partial charge in [-0.25, -0.2) is 9.97 Å². The number of ether oxygens (including phenoxy) is 4. The van der Waals surface area contributed by atoms with E-state index < -0.39 is 0 Å². The topological polar surface area (TPSA) is 74.7 Å². The molecule has 0 radical (unpaired) electrons. The van der Waals surface area contributed by atoms with Crippen molar-refractivity contribution in [2.45, 2.75) is 6.61 Å². The van der Waals surface area contributed by atoms with Crippen LogP contribution in [0, 0.1) is 0 Å². The minimum Gasteiger partial charge on any atom is -0.493 e. The second kappa shape index (κ2) is 11.1. The summed E-state index contributed by atoms with van der Waals surface area (Å²) in [4.78, 5) is 8.74. The molecule has 0 atom stereocenters. The first-order chi connectivity index (χ1) is 15.6. The highest BCUT2D eigenvalue weighted by atomic mass is 79.9. The Morgan fingerprint density at radius 1 is 0.818 bits per heavy atom. The average molecular weight is 533 g/mol. The molecule has 1 heterocycles. The maximum atomic E-state index is 5.99. The predicted molar refractivity (Wildman–Crippen MR) is 135 cm³/mol. The fourth-order valence-electron chi connectivity index (χ4n) is 3.25. The molecule has 0 aliphatic heterocycles. The number of hydrogen-bond donors (Lipinski definition) is 1. The van der Waals surface area contributed by atoms with Crippen molar-refractivity contribution in [3.63, 3.8) is 0 Å². The van der Waals surface area contributed by atoms with Crippen molar-refractivity contribution in [2.75, 3.05) is 26.6 Å². The van der Waals surface area contributed by atoms with Crippen molar-refractivity contribution in [3.8, 4) is 23.0 Å².